The molecule has 84 valence electrons. The maximum atomic E-state index is 4.61. The maximum Gasteiger partial charge on any atom is 0.159 e. The number of fused-ring (bicyclic) bond motifs is 1. The van der Waals surface area contributed by atoms with Crippen molar-refractivity contribution in [2.24, 2.45) is 0 Å². The van der Waals surface area contributed by atoms with Crippen LogP contribution in [0.15, 0.2) is 22.8 Å². The molecule has 0 saturated heterocycles. The molecule has 0 bridgehead atoms. The zero-order valence-electron chi connectivity index (χ0n) is 9.07. The number of halogens is 1. The molecular formula is C11H13BrN4. The molecule has 5 heteroatoms. The van der Waals surface area contributed by atoms with Crippen LogP contribution in [-0.4, -0.2) is 28.2 Å². The van der Waals surface area contributed by atoms with Crippen molar-refractivity contribution in [3.05, 3.63) is 28.6 Å². The average molecular weight is 281 g/mol. The van der Waals surface area contributed by atoms with Gasteiger partial charge in [-0.25, -0.2) is 9.50 Å². The topological polar surface area (TPSA) is 42.2 Å². The van der Waals surface area contributed by atoms with E-state index >= 15 is 0 Å². The molecule has 0 radical (unpaired) electrons. The van der Waals surface area contributed by atoms with Crippen LogP contribution in [0.25, 0.3) is 5.65 Å². The molecule has 0 unspecified atom stereocenters. The summed E-state index contributed by atoms with van der Waals surface area (Å²) < 4.78 is 2.88. The van der Waals surface area contributed by atoms with E-state index in [4.69, 9.17) is 0 Å². The first-order valence-corrected chi connectivity index (χ1v) is 6.20. The fraction of sp³-hybridized carbons (Fsp3) is 0.455. The van der Waals surface area contributed by atoms with Crippen molar-refractivity contribution < 1.29 is 0 Å². The summed E-state index contributed by atoms with van der Waals surface area (Å²) in [6, 6.07) is 3.97. The van der Waals surface area contributed by atoms with Gasteiger partial charge in [0, 0.05) is 22.6 Å². The number of nitrogens with zero attached hydrogens (tertiary/aromatic N) is 3. The first-order valence-electron chi connectivity index (χ1n) is 5.41. The molecule has 16 heavy (non-hydrogen) atoms. The molecule has 1 saturated carbocycles. The third kappa shape index (κ3) is 1.55. The molecule has 1 aliphatic rings. The van der Waals surface area contributed by atoms with E-state index in [-0.39, 0.29) is 5.41 Å². The van der Waals surface area contributed by atoms with Gasteiger partial charge in [0.2, 0.25) is 0 Å². The maximum absolute atomic E-state index is 4.61. The van der Waals surface area contributed by atoms with Crippen molar-refractivity contribution in [1.82, 2.24) is 19.9 Å². The smallest absolute Gasteiger partial charge is 0.159 e. The Bertz CT molecular complexity index is 530. The van der Waals surface area contributed by atoms with Crippen LogP contribution in [0.1, 0.15) is 18.7 Å². The van der Waals surface area contributed by atoms with E-state index in [0.29, 0.717) is 0 Å². The molecule has 1 aliphatic carbocycles. The van der Waals surface area contributed by atoms with E-state index in [0.717, 1.165) is 22.5 Å². The summed E-state index contributed by atoms with van der Waals surface area (Å²) in [5, 5.41) is 7.78. The van der Waals surface area contributed by atoms with E-state index in [9.17, 15) is 0 Å². The number of pyridine rings is 1. The van der Waals surface area contributed by atoms with Crippen molar-refractivity contribution in [2.45, 2.75) is 18.3 Å². The number of hydrogen-bond donors (Lipinski definition) is 1. The predicted molar refractivity (Wildman–Crippen MR) is 65.5 cm³/mol. The normalized spacial score (nSPS) is 17.9. The predicted octanol–water partition coefficient (Wildman–Crippen LogP) is 1.74. The Morgan fingerprint density at radius 3 is 3.06 bits per heavy atom. The van der Waals surface area contributed by atoms with Gasteiger partial charge in [0.1, 0.15) is 0 Å². The van der Waals surface area contributed by atoms with E-state index in [2.05, 4.69) is 31.3 Å². The van der Waals surface area contributed by atoms with Crippen LogP contribution >= 0.6 is 15.9 Å². The Labute approximate surface area is 102 Å². The van der Waals surface area contributed by atoms with Gasteiger partial charge in [-0.15, -0.1) is 0 Å². The first-order chi connectivity index (χ1) is 7.73. The zero-order chi connectivity index (χ0) is 11.2. The summed E-state index contributed by atoms with van der Waals surface area (Å²) in [5.74, 6) is 0.972. The summed E-state index contributed by atoms with van der Waals surface area (Å²) in [7, 11) is 1.98. The number of hydrogen-bond acceptors (Lipinski definition) is 3. The fourth-order valence-electron chi connectivity index (χ4n) is 2.05. The van der Waals surface area contributed by atoms with E-state index in [1.807, 2.05) is 29.9 Å². The van der Waals surface area contributed by atoms with Crippen LogP contribution in [0.5, 0.6) is 0 Å². The van der Waals surface area contributed by atoms with E-state index in [1.54, 1.807) is 0 Å². The molecule has 3 rings (SSSR count). The van der Waals surface area contributed by atoms with Crippen molar-refractivity contribution in [3.8, 4) is 0 Å². The van der Waals surface area contributed by atoms with Crippen LogP contribution in [0.3, 0.4) is 0 Å². The van der Waals surface area contributed by atoms with Crippen LogP contribution in [0, 0.1) is 0 Å². The number of nitrogens with one attached hydrogen (secondary N) is 1. The lowest BCUT2D eigenvalue weighted by Crippen LogP contribution is -2.24. The minimum atomic E-state index is 0.188. The largest absolute Gasteiger partial charge is 0.319 e. The first kappa shape index (κ1) is 10.2. The zero-order valence-corrected chi connectivity index (χ0v) is 10.7. The second-order valence-corrected chi connectivity index (χ2v) is 5.31. The Balaban J connectivity index is 2.05. The fourth-order valence-corrected chi connectivity index (χ4v) is 2.37. The summed E-state index contributed by atoms with van der Waals surface area (Å²) in [6.07, 6.45) is 4.31. The molecule has 0 atom stereocenters. The lowest BCUT2D eigenvalue weighted by molar-refractivity contribution is 0.587. The van der Waals surface area contributed by atoms with Gasteiger partial charge < -0.3 is 5.32 Å². The molecule has 2 aromatic rings. The van der Waals surface area contributed by atoms with Crippen molar-refractivity contribution in [1.29, 1.82) is 0 Å². The quantitative estimate of drug-likeness (QED) is 0.932. The van der Waals surface area contributed by atoms with Crippen LogP contribution in [-0.2, 0) is 5.41 Å². The third-order valence-electron chi connectivity index (χ3n) is 3.14. The van der Waals surface area contributed by atoms with Gasteiger partial charge in [-0.1, -0.05) is 15.9 Å². The average Bonchev–Trinajstić information content (AvgIpc) is 2.91. The third-order valence-corrected chi connectivity index (χ3v) is 3.64. The minimum Gasteiger partial charge on any atom is -0.319 e. The highest BCUT2D eigenvalue weighted by atomic mass is 79.9. The highest BCUT2D eigenvalue weighted by Crippen LogP contribution is 2.46. The Hall–Kier alpha value is -0.940. The highest BCUT2D eigenvalue weighted by molar-refractivity contribution is 9.10. The standard InChI is InChI=1S/C11H13BrN4/c1-13-7-11(3-4-11)10-14-9-6-8(12)2-5-16(9)15-10/h2,5-6,13H,3-4,7H2,1H3. The molecule has 0 spiro atoms. The van der Waals surface area contributed by atoms with Crippen molar-refractivity contribution in [3.63, 3.8) is 0 Å². The summed E-state index contributed by atoms with van der Waals surface area (Å²) in [4.78, 5) is 4.61. The van der Waals surface area contributed by atoms with E-state index < -0.39 is 0 Å². The van der Waals surface area contributed by atoms with Gasteiger partial charge in [-0.2, -0.15) is 5.10 Å². The molecule has 1 fully saturated rings. The van der Waals surface area contributed by atoms with Crippen LogP contribution in [0.2, 0.25) is 0 Å². The van der Waals surface area contributed by atoms with Gasteiger partial charge in [-0.05, 0) is 32.0 Å². The summed E-state index contributed by atoms with van der Waals surface area (Å²) in [5.41, 5.74) is 1.10. The Kier molecular flexibility index (Phi) is 2.26. The molecule has 0 amide bonds. The molecular weight excluding hydrogens is 268 g/mol. The monoisotopic (exact) mass is 280 g/mol. The lowest BCUT2D eigenvalue weighted by atomic mass is 10.1. The van der Waals surface area contributed by atoms with Gasteiger partial charge in [0.25, 0.3) is 0 Å². The van der Waals surface area contributed by atoms with Crippen molar-refractivity contribution in [2.75, 3.05) is 13.6 Å². The van der Waals surface area contributed by atoms with Crippen molar-refractivity contribution >= 4 is 21.6 Å². The van der Waals surface area contributed by atoms with Gasteiger partial charge in [-0.3, -0.25) is 0 Å². The Morgan fingerprint density at radius 1 is 1.56 bits per heavy atom. The van der Waals surface area contributed by atoms with Crippen LogP contribution in [0.4, 0.5) is 0 Å². The molecule has 0 aliphatic heterocycles. The Morgan fingerprint density at radius 2 is 2.38 bits per heavy atom. The second kappa shape index (κ2) is 3.53. The van der Waals surface area contributed by atoms with E-state index in [1.165, 1.54) is 12.8 Å². The van der Waals surface area contributed by atoms with Crippen LogP contribution < -0.4 is 5.32 Å². The van der Waals surface area contributed by atoms with Gasteiger partial charge >= 0.3 is 0 Å². The molecule has 2 aromatic heterocycles. The van der Waals surface area contributed by atoms with Gasteiger partial charge in [0.15, 0.2) is 11.5 Å². The molecule has 0 aromatic carbocycles. The lowest BCUT2D eigenvalue weighted by Gasteiger charge is -2.08. The SMILES string of the molecule is CNCC1(c2nc3cc(Br)ccn3n2)CC1. The summed E-state index contributed by atoms with van der Waals surface area (Å²) in [6.45, 7) is 0.963. The molecule has 1 N–H and O–H groups in total. The van der Waals surface area contributed by atoms with Gasteiger partial charge in [0.05, 0.1) is 0 Å². The second-order valence-electron chi connectivity index (χ2n) is 4.39. The number of aromatic nitrogens is 3. The molecule has 2 heterocycles. The number of likely N-dealkylation sites (N-methyl/N-ethyl adjacent to an activating group) is 1. The highest BCUT2D eigenvalue weighted by Gasteiger charge is 2.47. The minimum absolute atomic E-state index is 0.188. The molecule has 4 nitrogen and oxygen atoms in total. The summed E-state index contributed by atoms with van der Waals surface area (Å²) >= 11 is 3.45. The number of rotatable bonds is 3.